The highest BCUT2D eigenvalue weighted by atomic mass is 19.4. The molecule has 1 unspecified atom stereocenters. The Morgan fingerprint density at radius 3 is 1.96 bits per heavy atom. The second-order valence-electron chi connectivity index (χ2n) is 4.34. The standard InChI is InChI=1S/C11H12F7NO5/c1-2-24-7(22)5(3-4-6(20)21)19-8(23)9(12,13)10(14,15)11(16,17)18/h5H,2-4H2,1H3,(H,19,23)(H,20,21)/p-1. The molecule has 1 N–H and O–H groups in total. The highest BCUT2D eigenvalue weighted by Crippen LogP contribution is 2.46. The van der Waals surface area contributed by atoms with E-state index in [4.69, 9.17) is 0 Å². The number of hydrogen-bond acceptors (Lipinski definition) is 5. The summed E-state index contributed by atoms with van der Waals surface area (Å²) in [5.41, 5.74) is 0. The predicted octanol–water partition coefficient (Wildman–Crippen LogP) is 0.397. The van der Waals surface area contributed by atoms with Gasteiger partial charge in [-0.25, -0.2) is 4.79 Å². The van der Waals surface area contributed by atoms with Crippen molar-refractivity contribution >= 4 is 17.8 Å². The van der Waals surface area contributed by atoms with Gasteiger partial charge >= 0.3 is 24.0 Å². The molecule has 13 heteroatoms. The molecule has 0 bridgehead atoms. The van der Waals surface area contributed by atoms with Crippen LogP contribution in [-0.4, -0.2) is 48.5 Å². The summed E-state index contributed by atoms with van der Waals surface area (Å²) in [5, 5.41) is 11.2. The maximum atomic E-state index is 13.1. The third-order valence-electron chi connectivity index (χ3n) is 2.55. The molecular formula is C11H11F7NO5-. The summed E-state index contributed by atoms with van der Waals surface area (Å²) in [7, 11) is 0. The summed E-state index contributed by atoms with van der Waals surface area (Å²) in [5.74, 6) is -19.3. The molecule has 6 nitrogen and oxygen atoms in total. The summed E-state index contributed by atoms with van der Waals surface area (Å²) in [4.78, 5) is 32.7. The van der Waals surface area contributed by atoms with Crippen molar-refractivity contribution in [2.45, 2.75) is 43.8 Å². The minimum Gasteiger partial charge on any atom is -0.550 e. The summed E-state index contributed by atoms with van der Waals surface area (Å²) in [6, 6.07) is -2.18. The van der Waals surface area contributed by atoms with Crippen LogP contribution in [-0.2, 0) is 19.1 Å². The van der Waals surface area contributed by atoms with Crippen LogP contribution in [0, 0.1) is 0 Å². The number of carboxylic acids is 1. The number of hydrogen-bond donors (Lipinski definition) is 1. The molecule has 0 aromatic rings. The first-order chi connectivity index (χ1) is 10.7. The van der Waals surface area contributed by atoms with Crippen LogP contribution in [0.4, 0.5) is 30.7 Å². The molecule has 140 valence electrons. The van der Waals surface area contributed by atoms with Gasteiger partial charge in [-0.2, -0.15) is 30.7 Å². The second-order valence-corrected chi connectivity index (χ2v) is 4.34. The Kier molecular flexibility index (Phi) is 7.00. The topological polar surface area (TPSA) is 95.5 Å². The molecule has 1 amide bonds. The zero-order valence-electron chi connectivity index (χ0n) is 11.9. The minimum atomic E-state index is -6.74. The number of carbonyl (C=O) groups excluding carboxylic acids is 3. The van der Waals surface area contributed by atoms with Gasteiger partial charge in [0.1, 0.15) is 6.04 Å². The number of carboxylic acid groups (broad SMARTS) is 1. The van der Waals surface area contributed by atoms with Crippen molar-refractivity contribution in [3.63, 3.8) is 0 Å². The lowest BCUT2D eigenvalue weighted by Gasteiger charge is -2.28. The van der Waals surface area contributed by atoms with Crippen molar-refractivity contribution in [1.82, 2.24) is 5.32 Å². The Morgan fingerprint density at radius 2 is 1.58 bits per heavy atom. The normalized spacial score (nSPS) is 14.0. The number of rotatable bonds is 8. The fourth-order valence-corrected chi connectivity index (χ4v) is 1.32. The molecule has 24 heavy (non-hydrogen) atoms. The molecule has 0 aromatic heterocycles. The highest BCUT2D eigenvalue weighted by Gasteiger charge is 2.76. The van der Waals surface area contributed by atoms with Gasteiger partial charge in [-0.05, 0) is 19.8 Å². The van der Waals surface area contributed by atoms with Crippen LogP contribution in [0.15, 0.2) is 0 Å². The maximum Gasteiger partial charge on any atom is 0.460 e. The van der Waals surface area contributed by atoms with Crippen LogP contribution in [0.2, 0.25) is 0 Å². The smallest absolute Gasteiger partial charge is 0.460 e. The molecule has 0 heterocycles. The summed E-state index contributed by atoms with van der Waals surface area (Å²) < 4.78 is 91.9. The number of ether oxygens (including phenoxy) is 1. The third kappa shape index (κ3) is 4.96. The van der Waals surface area contributed by atoms with E-state index >= 15 is 0 Å². The van der Waals surface area contributed by atoms with Crippen molar-refractivity contribution in [3.8, 4) is 0 Å². The van der Waals surface area contributed by atoms with E-state index in [2.05, 4.69) is 4.74 Å². The Hall–Kier alpha value is -2.08. The van der Waals surface area contributed by atoms with Gasteiger partial charge < -0.3 is 20.0 Å². The molecule has 0 rings (SSSR count). The van der Waals surface area contributed by atoms with E-state index in [0.29, 0.717) is 0 Å². The second kappa shape index (κ2) is 7.66. The molecular weight excluding hydrogens is 359 g/mol. The van der Waals surface area contributed by atoms with E-state index < -0.39 is 54.8 Å². The number of carbonyl (C=O) groups is 3. The van der Waals surface area contributed by atoms with Gasteiger partial charge in [0, 0.05) is 5.97 Å². The summed E-state index contributed by atoms with van der Waals surface area (Å²) >= 11 is 0. The maximum absolute atomic E-state index is 13.1. The lowest BCUT2D eigenvalue weighted by Crippen LogP contribution is -2.61. The Morgan fingerprint density at radius 1 is 1.08 bits per heavy atom. The van der Waals surface area contributed by atoms with E-state index in [1.165, 1.54) is 6.92 Å². The molecule has 0 aromatic carbocycles. The Balaban J connectivity index is 5.35. The largest absolute Gasteiger partial charge is 0.550 e. The zero-order valence-corrected chi connectivity index (χ0v) is 11.9. The van der Waals surface area contributed by atoms with Gasteiger partial charge in [-0.1, -0.05) is 0 Å². The molecule has 0 saturated heterocycles. The van der Waals surface area contributed by atoms with Crippen LogP contribution in [0.5, 0.6) is 0 Å². The van der Waals surface area contributed by atoms with Crippen LogP contribution in [0.25, 0.3) is 0 Å². The first kappa shape index (κ1) is 21.9. The van der Waals surface area contributed by atoms with Crippen molar-refractivity contribution in [2.75, 3.05) is 6.61 Å². The minimum absolute atomic E-state index is 0.356. The SMILES string of the molecule is CCOC(=O)C(CCC(=O)[O-])NC(=O)C(F)(F)C(F)(F)C(F)(F)F. The van der Waals surface area contributed by atoms with Gasteiger partial charge in [0.2, 0.25) is 0 Å². The molecule has 0 aliphatic carbocycles. The van der Waals surface area contributed by atoms with Crippen LogP contribution in [0.1, 0.15) is 19.8 Å². The summed E-state index contributed by atoms with van der Waals surface area (Å²) in [6.45, 7) is 0.883. The van der Waals surface area contributed by atoms with Crippen molar-refractivity contribution < 1.29 is 55.0 Å². The van der Waals surface area contributed by atoms with Gasteiger partial charge in [-0.3, -0.25) is 4.79 Å². The fourth-order valence-electron chi connectivity index (χ4n) is 1.32. The number of nitrogens with one attached hydrogen (secondary N) is 1. The monoisotopic (exact) mass is 370 g/mol. The molecule has 0 aliphatic rings. The van der Waals surface area contributed by atoms with Crippen molar-refractivity contribution in [3.05, 3.63) is 0 Å². The van der Waals surface area contributed by atoms with Crippen molar-refractivity contribution in [1.29, 1.82) is 0 Å². The average Bonchev–Trinajstić information content (AvgIpc) is 2.41. The van der Waals surface area contributed by atoms with Gasteiger partial charge in [0.25, 0.3) is 5.91 Å². The number of esters is 1. The van der Waals surface area contributed by atoms with E-state index in [9.17, 15) is 50.2 Å². The first-order valence-corrected chi connectivity index (χ1v) is 6.18. The predicted molar refractivity (Wildman–Crippen MR) is 58.8 cm³/mol. The van der Waals surface area contributed by atoms with Crippen LogP contribution < -0.4 is 10.4 Å². The fraction of sp³-hybridized carbons (Fsp3) is 0.727. The van der Waals surface area contributed by atoms with Crippen LogP contribution in [0.3, 0.4) is 0 Å². The number of halogens is 7. The van der Waals surface area contributed by atoms with Crippen molar-refractivity contribution in [2.24, 2.45) is 0 Å². The lowest BCUT2D eigenvalue weighted by atomic mass is 10.1. The molecule has 0 saturated carbocycles. The number of amides is 1. The molecule has 0 spiro atoms. The third-order valence-corrected chi connectivity index (χ3v) is 2.55. The molecule has 0 aliphatic heterocycles. The van der Waals surface area contributed by atoms with Crippen LogP contribution >= 0.6 is 0 Å². The molecule has 0 fully saturated rings. The quantitative estimate of drug-likeness (QED) is 0.493. The molecule has 0 radical (unpaired) electrons. The van der Waals surface area contributed by atoms with Gasteiger partial charge in [0.15, 0.2) is 0 Å². The van der Waals surface area contributed by atoms with E-state index in [-0.39, 0.29) is 6.61 Å². The highest BCUT2D eigenvalue weighted by molar-refractivity contribution is 5.89. The number of aliphatic carboxylic acids is 1. The zero-order chi connectivity index (χ0) is 19.3. The Labute approximate surface area is 129 Å². The van der Waals surface area contributed by atoms with Gasteiger partial charge in [0.05, 0.1) is 6.61 Å². The lowest BCUT2D eigenvalue weighted by molar-refractivity contribution is -0.344. The Bertz CT molecular complexity index is 492. The first-order valence-electron chi connectivity index (χ1n) is 6.18. The van der Waals surface area contributed by atoms with Gasteiger partial charge in [-0.15, -0.1) is 0 Å². The average molecular weight is 370 g/mol. The summed E-state index contributed by atoms with van der Waals surface area (Å²) in [6.07, 6.45) is -8.64. The number of alkyl halides is 7. The van der Waals surface area contributed by atoms with E-state index in [1.807, 2.05) is 0 Å². The van der Waals surface area contributed by atoms with E-state index in [1.54, 1.807) is 0 Å². The molecule has 1 atom stereocenters. The van der Waals surface area contributed by atoms with E-state index in [0.717, 1.165) is 5.32 Å².